The van der Waals surface area contributed by atoms with E-state index >= 15 is 0 Å². The third kappa shape index (κ3) is 8.48. The molecule has 1 atom stereocenters. The number of ether oxygens (including phenoxy) is 1. The predicted octanol–water partition coefficient (Wildman–Crippen LogP) is 4.31. The van der Waals surface area contributed by atoms with Gasteiger partial charge in [-0.3, -0.25) is 0 Å². The molecule has 1 aromatic heterocycles. The van der Waals surface area contributed by atoms with Crippen molar-refractivity contribution in [2.24, 2.45) is 5.73 Å². The first-order valence-corrected chi connectivity index (χ1v) is 13.8. The Hall–Kier alpha value is -4.57. The fourth-order valence-electron chi connectivity index (χ4n) is 5.26. The largest absolute Gasteiger partial charge is 0.495 e. The normalized spacial score (nSPS) is 14.9. The summed E-state index contributed by atoms with van der Waals surface area (Å²) in [6.07, 6.45) is -2.78. The van der Waals surface area contributed by atoms with Crippen LogP contribution in [0.2, 0.25) is 0 Å². The number of benzene rings is 2. The second-order valence-corrected chi connectivity index (χ2v) is 10.5. The summed E-state index contributed by atoms with van der Waals surface area (Å²) in [4.78, 5) is 24.5. The molecule has 1 fully saturated rings. The zero-order chi connectivity index (χ0) is 31.1. The van der Waals surface area contributed by atoms with Crippen LogP contribution in [0.4, 0.5) is 29.3 Å². The second kappa shape index (κ2) is 13.6. The number of methoxy groups -OCH3 is 1. The molecule has 0 radical (unpaired) electrons. The number of aromatic carboxylic acids is 1. The molecule has 2 aromatic carbocycles. The number of carbonyl (C=O) groups excluding carboxylic acids is 1. The Morgan fingerprint density at radius 1 is 1.16 bits per heavy atom. The van der Waals surface area contributed by atoms with Gasteiger partial charge in [-0.2, -0.15) is 13.2 Å². The SMILES string of the molecule is COc1cc(C(=O)O)ccc1NCC#Cc1cc2c(NC3CCN(CC(C)NC(N)=O)CC3)cccc2n1CC(F)(F)F. The number of piperidine rings is 1. The highest BCUT2D eigenvalue weighted by Gasteiger charge is 2.30. The van der Waals surface area contributed by atoms with Gasteiger partial charge in [-0.05, 0) is 62.1 Å². The fraction of sp³-hybridized carbons (Fsp3) is 0.400. The van der Waals surface area contributed by atoms with Crippen LogP contribution in [-0.2, 0) is 6.54 Å². The first kappa shape index (κ1) is 31.4. The number of hydrogen-bond donors (Lipinski definition) is 5. The summed E-state index contributed by atoms with van der Waals surface area (Å²) in [5.41, 5.74) is 7.17. The van der Waals surface area contributed by atoms with E-state index in [1.165, 1.54) is 23.8 Å². The number of rotatable bonds is 10. The highest BCUT2D eigenvalue weighted by Crippen LogP contribution is 2.31. The summed E-state index contributed by atoms with van der Waals surface area (Å²) in [7, 11) is 1.41. The minimum absolute atomic E-state index is 0.0622. The summed E-state index contributed by atoms with van der Waals surface area (Å²) in [6.45, 7) is 3.10. The summed E-state index contributed by atoms with van der Waals surface area (Å²) in [6, 6.07) is 10.8. The third-order valence-corrected chi connectivity index (χ3v) is 7.18. The van der Waals surface area contributed by atoms with Gasteiger partial charge in [0.1, 0.15) is 12.3 Å². The number of likely N-dealkylation sites (tertiary alicyclic amines) is 1. The van der Waals surface area contributed by atoms with Gasteiger partial charge in [0.2, 0.25) is 0 Å². The van der Waals surface area contributed by atoms with E-state index in [0.29, 0.717) is 28.9 Å². The Morgan fingerprint density at radius 2 is 1.91 bits per heavy atom. The molecule has 2 heterocycles. The van der Waals surface area contributed by atoms with Gasteiger partial charge in [0.25, 0.3) is 0 Å². The Balaban J connectivity index is 1.50. The van der Waals surface area contributed by atoms with Crippen molar-refractivity contribution >= 4 is 34.3 Å². The van der Waals surface area contributed by atoms with Crippen molar-refractivity contribution in [3.63, 3.8) is 0 Å². The number of urea groups is 1. The van der Waals surface area contributed by atoms with Crippen molar-refractivity contribution in [2.75, 3.05) is 43.9 Å². The number of aromatic nitrogens is 1. The molecule has 1 saturated heterocycles. The van der Waals surface area contributed by atoms with Crippen LogP contribution < -0.4 is 26.4 Å². The lowest BCUT2D eigenvalue weighted by Crippen LogP contribution is -2.47. The van der Waals surface area contributed by atoms with Crippen LogP contribution in [0.25, 0.3) is 10.9 Å². The van der Waals surface area contributed by atoms with E-state index < -0.39 is 24.7 Å². The maximum Gasteiger partial charge on any atom is 0.406 e. The molecule has 0 spiro atoms. The van der Waals surface area contributed by atoms with Crippen LogP contribution in [0.1, 0.15) is 35.8 Å². The summed E-state index contributed by atoms with van der Waals surface area (Å²) in [5, 5.41) is 19.1. The van der Waals surface area contributed by atoms with Gasteiger partial charge in [0.05, 0.1) is 36.1 Å². The topological polar surface area (TPSA) is 134 Å². The molecule has 0 bridgehead atoms. The molecule has 3 aromatic rings. The number of alkyl halides is 3. The van der Waals surface area contributed by atoms with Crippen molar-refractivity contribution in [3.05, 3.63) is 53.7 Å². The summed E-state index contributed by atoms with van der Waals surface area (Å²) < 4.78 is 47.2. The van der Waals surface area contributed by atoms with Crippen LogP contribution in [0.15, 0.2) is 42.5 Å². The fourth-order valence-corrected chi connectivity index (χ4v) is 5.26. The van der Waals surface area contributed by atoms with E-state index in [4.69, 9.17) is 10.5 Å². The number of nitrogens with two attached hydrogens (primary N) is 1. The molecular formula is C30H35F3N6O4. The first-order chi connectivity index (χ1) is 20.4. The number of amides is 2. The number of carboxylic acids is 1. The number of carbonyl (C=O) groups is 2. The van der Waals surface area contributed by atoms with Gasteiger partial charge in [0.15, 0.2) is 0 Å². The van der Waals surface area contributed by atoms with E-state index in [9.17, 15) is 27.9 Å². The molecule has 1 aliphatic heterocycles. The smallest absolute Gasteiger partial charge is 0.406 e. The second-order valence-electron chi connectivity index (χ2n) is 10.5. The van der Waals surface area contributed by atoms with E-state index in [1.807, 2.05) is 13.0 Å². The Bertz CT molecular complexity index is 1520. The number of carboxylic acid groups (broad SMARTS) is 1. The number of nitrogens with zero attached hydrogens (tertiary/aromatic N) is 2. The van der Waals surface area contributed by atoms with Gasteiger partial charge in [0, 0.05) is 42.8 Å². The maximum absolute atomic E-state index is 13.6. The number of nitrogens with one attached hydrogen (secondary N) is 3. The van der Waals surface area contributed by atoms with Gasteiger partial charge in [-0.25, -0.2) is 9.59 Å². The molecule has 1 aliphatic rings. The molecule has 4 rings (SSSR count). The molecule has 13 heteroatoms. The Morgan fingerprint density at radius 3 is 2.56 bits per heavy atom. The van der Waals surface area contributed by atoms with E-state index in [-0.39, 0.29) is 29.9 Å². The zero-order valence-electron chi connectivity index (χ0n) is 23.9. The van der Waals surface area contributed by atoms with E-state index in [2.05, 4.69) is 32.7 Å². The quantitative estimate of drug-likeness (QED) is 0.219. The molecule has 2 amide bonds. The van der Waals surface area contributed by atoms with E-state index in [1.54, 1.807) is 24.3 Å². The third-order valence-electron chi connectivity index (χ3n) is 7.18. The van der Waals surface area contributed by atoms with Gasteiger partial charge >= 0.3 is 18.2 Å². The molecule has 43 heavy (non-hydrogen) atoms. The number of primary amides is 1. The number of halogens is 3. The summed E-state index contributed by atoms with van der Waals surface area (Å²) >= 11 is 0. The van der Waals surface area contributed by atoms with Crippen LogP contribution in [0, 0.1) is 11.8 Å². The number of hydrogen-bond acceptors (Lipinski definition) is 6. The van der Waals surface area contributed by atoms with Gasteiger partial charge in [-0.15, -0.1) is 0 Å². The van der Waals surface area contributed by atoms with Crippen LogP contribution in [0.3, 0.4) is 0 Å². The highest BCUT2D eigenvalue weighted by atomic mass is 19.4. The lowest BCUT2D eigenvalue weighted by Gasteiger charge is -2.34. The van der Waals surface area contributed by atoms with Gasteiger partial charge in [-0.1, -0.05) is 12.0 Å². The van der Waals surface area contributed by atoms with Crippen molar-refractivity contribution in [1.29, 1.82) is 0 Å². The lowest BCUT2D eigenvalue weighted by molar-refractivity contribution is -0.140. The summed E-state index contributed by atoms with van der Waals surface area (Å²) in [5.74, 6) is 4.97. The molecule has 6 N–H and O–H groups in total. The lowest BCUT2D eigenvalue weighted by atomic mass is 10.0. The van der Waals surface area contributed by atoms with Crippen molar-refractivity contribution in [1.82, 2.24) is 14.8 Å². The average molecular weight is 601 g/mol. The minimum atomic E-state index is -4.45. The zero-order valence-corrected chi connectivity index (χ0v) is 23.9. The maximum atomic E-state index is 13.6. The van der Waals surface area contributed by atoms with Crippen LogP contribution in [0.5, 0.6) is 5.75 Å². The average Bonchev–Trinajstić information content (AvgIpc) is 3.28. The Kier molecular flexibility index (Phi) is 9.92. The molecule has 230 valence electrons. The molecule has 0 aliphatic carbocycles. The van der Waals surface area contributed by atoms with Crippen LogP contribution in [-0.4, -0.2) is 78.1 Å². The van der Waals surface area contributed by atoms with Gasteiger partial charge < -0.3 is 41.0 Å². The monoisotopic (exact) mass is 600 g/mol. The van der Waals surface area contributed by atoms with Crippen LogP contribution >= 0.6 is 0 Å². The van der Waals surface area contributed by atoms with Crippen molar-refractivity contribution < 1.29 is 32.6 Å². The molecule has 0 saturated carbocycles. The number of fused-ring (bicyclic) bond motifs is 1. The molecular weight excluding hydrogens is 565 g/mol. The van der Waals surface area contributed by atoms with E-state index in [0.717, 1.165) is 31.6 Å². The minimum Gasteiger partial charge on any atom is -0.495 e. The predicted molar refractivity (Wildman–Crippen MR) is 159 cm³/mol. The van der Waals surface area contributed by atoms with Crippen molar-refractivity contribution in [3.8, 4) is 17.6 Å². The highest BCUT2D eigenvalue weighted by molar-refractivity contribution is 5.94. The molecule has 10 nitrogen and oxygen atoms in total. The standard InChI is InChI=1S/C30H35F3N6O4/c1-19(36-29(34)42)17-38-13-10-21(11-14-38)37-24-6-3-7-26-23(24)16-22(39(26)18-30(31,32)33)5-4-12-35-25-9-8-20(28(40)41)15-27(25)43-2/h3,6-9,15-16,19,21,35,37H,10-14,17-18H2,1-2H3,(H,40,41)(H3,34,36,42). The Labute approximate surface area is 247 Å². The number of anilines is 2. The molecule has 1 unspecified atom stereocenters. The first-order valence-electron chi connectivity index (χ1n) is 13.8. The van der Waals surface area contributed by atoms with Crippen molar-refractivity contribution in [2.45, 2.75) is 44.6 Å².